The normalized spacial score (nSPS) is 12.4. The highest BCUT2D eigenvalue weighted by Gasteiger charge is 2.14. The Bertz CT molecular complexity index is 604. The number of rotatable bonds is 5. The molecule has 0 aromatic carbocycles. The summed E-state index contributed by atoms with van der Waals surface area (Å²) >= 11 is 1.53. The van der Waals surface area contributed by atoms with Crippen LogP contribution in [0.25, 0.3) is 0 Å². The first-order valence-electron chi connectivity index (χ1n) is 7.21. The minimum Gasteiger partial charge on any atom is -0.310 e. The second-order valence-corrected chi connectivity index (χ2v) is 6.04. The smallest absolute Gasteiger partial charge is 0.194 e. The number of hydrogen-bond donors (Lipinski definition) is 1. The van der Waals surface area contributed by atoms with Crippen LogP contribution in [0.15, 0.2) is 28.5 Å². The van der Waals surface area contributed by atoms with Gasteiger partial charge in [0.2, 0.25) is 0 Å². The van der Waals surface area contributed by atoms with Gasteiger partial charge < -0.3 is 5.32 Å². The fraction of sp³-hybridized carbons (Fsp3) is 0.438. The van der Waals surface area contributed by atoms with Crippen molar-refractivity contribution >= 4 is 11.8 Å². The van der Waals surface area contributed by atoms with Crippen LogP contribution in [-0.4, -0.2) is 21.5 Å². The van der Waals surface area contributed by atoms with Gasteiger partial charge in [-0.05, 0) is 57.6 Å². The highest BCUT2D eigenvalue weighted by atomic mass is 32.2. The third-order valence-electron chi connectivity index (χ3n) is 3.58. The SMILES string of the molecule is CCNC(C)c1cccnc1Sc1nc(C)c(C)c(C)n1. The van der Waals surface area contributed by atoms with E-state index < -0.39 is 0 Å². The lowest BCUT2D eigenvalue weighted by Crippen LogP contribution is -2.18. The van der Waals surface area contributed by atoms with Crippen LogP contribution >= 0.6 is 11.8 Å². The zero-order valence-corrected chi connectivity index (χ0v) is 14.1. The quantitative estimate of drug-likeness (QED) is 0.855. The molecule has 1 N–H and O–H groups in total. The number of pyridine rings is 1. The lowest BCUT2D eigenvalue weighted by molar-refractivity contribution is 0.585. The maximum absolute atomic E-state index is 4.57. The summed E-state index contributed by atoms with van der Waals surface area (Å²) in [5.41, 5.74) is 4.40. The molecule has 1 unspecified atom stereocenters. The van der Waals surface area contributed by atoms with Gasteiger partial charge in [-0.1, -0.05) is 13.0 Å². The van der Waals surface area contributed by atoms with Gasteiger partial charge in [-0.3, -0.25) is 0 Å². The molecule has 0 aliphatic heterocycles. The van der Waals surface area contributed by atoms with Gasteiger partial charge in [-0.25, -0.2) is 15.0 Å². The molecule has 2 aromatic heterocycles. The lowest BCUT2D eigenvalue weighted by Gasteiger charge is -2.15. The largest absolute Gasteiger partial charge is 0.310 e. The standard InChI is InChI=1S/C16H22N4S/c1-6-17-13(5)14-8-7-9-18-15(14)21-16-19-11(3)10(2)12(4)20-16/h7-9,13,17H,6H2,1-5H3. The minimum absolute atomic E-state index is 0.263. The van der Waals surface area contributed by atoms with Crippen LogP contribution < -0.4 is 5.32 Å². The average Bonchev–Trinajstić information content (AvgIpc) is 2.45. The van der Waals surface area contributed by atoms with Gasteiger partial charge in [0.1, 0.15) is 5.03 Å². The van der Waals surface area contributed by atoms with Crippen LogP contribution in [0.1, 0.15) is 42.4 Å². The van der Waals surface area contributed by atoms with E-state index in [1.165, 1.54) is 17.3 Å². The van der Waals surface area contributed by atoms with Gasteiger partial charge >= 0.3 is 0 Å². The lowest BCUT2D eigenvalue weighted by atomic mass is 10.1. The molecular weight excluding hydrogens is 280 g/mol. The van der Waals surface area contributed by atoms with Gasteiger partial charge in [0, 0.05) is 29.2 Å². The van der Waals surface area contributed by atoms with E-state index >= 15 is 0 Å². The van der Waals surface area contributed by atoms with Crippen LogP contribution in [0, 0.1) is 20.8 Å². The van der Waals surface area contributed by atoms with Crippen LogP contribution in [0.4, 0.5) is 0 Å². The van der Waals surface area contributed by atoms with Crippen LogP contribution in [0.5, 0.6) is 0 Å². The average molecular weight is 302 g/mol. The van der Waals surface area contributed by atoms with E-state index in [-0.39, 0.29) is 6.04 Å². The van der Waals surface area contributed by atoms with Crippen molar-refractivity contribution in [1.29, 1.82) is 0 Å². The molecule has 2 heterocycles. The Morgan fingerprint density at radius 1 is 1.19 bits per heavy atom. The van der Waals surface area contributed by atoms with E-state index in [4.69, 9.17) is 0 Å². The number of aromatic nitrogens is 3. The van der Waals surface area contributed by atoms with Crippen LogP contribution in [0.3, 0.4) is 0 Å². The number of aryl methyl sites for hydroxylation is 2. The zero-order chi connectivity index (χ0) is 15.4. The number of hydrogen-bond acceptors (Lipinski definition) is 5. The highest BCUT2D eigenvalue weighted by molar-refractivity contribution is 7.99. The predicted octanol–water partition coefficient (Wildman–Crippen LogP) is 3.62. The molecule has 21 heavy (non-hydrogen) atoms. The topological polar surface area (TPSA) is 50.7 Å². The number of nitrogens with zero attached hydrogens (tertiary/aromatic N) is 3. The summed E-state index contributed by atoms with van der Waals surface area (Å²) in [5, 5.41) is 5.16. The monoisotopic (exact) mass is 302 g/mol. The second kappa shape index (κ2) is 7.00. The molecule has 0 amide bonds. The molecule has 2 aromatic rings. The first-order valence-corrected chi connectivity index (χ1v) is 8.02. The van der Waals surface area contributed by atoms with Gasteiger partial charge in [0.05, 0.1) is 0 Å². The molecule has 0 aliphatic carbocycles. The van der Waals surface area contributed by atoms with E-state index in [2.05, 4.69) is 47.1 Å². The minimum atomic E-state index is 0.263. The van der Waals surface area contributed by atoms with Crippen molar-refractivity contribution in [2.45, 2.75) is 50.8 Å². The molecule has 4 nitrogen and oxygen atoms in total. The first-order chi connectivity index (χ1) is 10.0. The first kappa shape index (κ1) is 15.9. The van der Waals surface area contributed by atoms with Crippen molar-refractivity contribution in [3.05, 3.63) is 40.8 Å². The summed E-state index contributed by atoms with van der Waals surface area (Å²) in [6.45, 7) is 11.3. The van der Waals surface area contributed by atoms with E-state index in [0.717, 1.165) is 33.7 Å². The zero-order valence-electron chi connectivity index (χ0n) is 13.3. The molecule has 2 rings (SSSR count). The number of nitrogens with one attached hydrogen (secondary N) is 1. The molecule has 5 heteroatoms. The van der Waals surface area contributed by atoms with Crippen molar-refractivity contribution in [1.82, 2.24) is 20.3 Å². The van der Waals surface area contributed by atoms with Crippen molar-refractivity contribution in [3.8, 4) is 0 Å². The summed E-state index contributed by atoms with van der Waals surface area (Å²) in [4.78, 5) is 13.6. The highest BCUT2D eigenvalue weighted by Crippen LogP contribution is 2.30. The molecule has 0 fully saturated rings. The fourth-order valence-electron chi connectivity index (χ4n) is 2.11. The predicted molar refractivity (Wildman–Crippen MR) is 86.7 cm³/mol. The fourth-order valence-corrected chi connectivity index (χ4v) is 3.12. The molecule has 0 saturated heterocycles. The summed E-state index contributed by atoms with van der Waals surface area (Å²) in [7, 11) is 0. The van der Waals surface area contributed by atoms with E-state index in [9.17, 15) is 0 Å². The molecule has 0 spiro atoms. The molecule has 0 saturated carbocycles. The molecule has 0 radical (unpaired) electrons. The van der Waals surface area contributed by atoms with E-state index in [1.807, 2.05) is 26.1 Å². The summed E-state index contributed by atoms with van der Waals surface area (Å²) in [5.74, 6) is 0. The second-order valence-electron chi connectivity index (χ2n) is 5.08. The Labute approximate surface area is 130 Å². The van der Waals surface area contributed by atoms with Crippen LogP contribution in [0.2, 0.25) is 0 Å². The molecule has 112 valence electrons. The molecule has 0 bridgehead atoms. The van der Waals surface area contributed by atoms with Crippen molar-refractivity contribution in [2.24, 2.45) is 0 Å². The van der Waals surface area contributed by atoms with Crippen molar-refractivity contribution in [3.63, 3.8) is 0 Å². The molecular formula is C16H22N4S. The van der Waals surface area contributed by atoms with Gasteiger partial charge in [-0.15, -0.1) is 0 Å². The third kappa shape index (κ3) is 3.80. The van der Waals surface area contributed by atoms with Crippen LogP contribution in [-0.2, 0) is 0 Å². The van der Waals surface area contributed by atoms with Gasteiger partial charge in [0.15, 0.2) is 5.16 Å². The third-order valence-corrected chi connectivity index (χ3v) is 4.48. The Morgan fingerprint density at radius 3 is 2.48 bits per heavy atom. The Balaban J connectivity index is 2.32. The van der Waals surface area contributed by atoms with Crippen molar-refractivity contribution in [2.75, 3.05) is 6.54 Å². The molecule has 0 aliphatic rings. The van der Waals surface area contributed by atoms with Crippen molar-refractivity contribution < 1.29 is 0 Å². The summed E-state index contributed by atoms with van der Waals surface area (Å²) < 4.78 is 0. The Morgan fingerprint density at radius 2 is 1.86 bits per heavy atom. The van der Waals surface area contributed by atoms with Gasteiger partial charge in [0.25, 0.3) is 0 Å². The Kier molecular flexibility index (Phi) is 5.31. The maximum Gasteiger partial charge on any atom is 0.194 e. The Hall–Kier alpha value is -1.46. The molecule has 1 atom stereocenters. The van der Waals surface area contributed by atoms with E-state index in [1.54, 1.807) is 0 Å². The van der Waals surface area contributed by atoms with E-state index in [0.29, 0.717) is 0 Å². The van der Waals surface area contributed by atoms with Gasteiger partial charge in [-0.2, -0.15) is 0 Å². The maximum atomic E-state index is 4.57. The summed E-state index contributed by atoms with van der Waals surface area (Å²) in [6, 6.07) is 4.34. The summed E-state index contributed by atoms with van der Waals surface area (Å²) in [6.07, 6.45) is 1.82.